The number of hydrogen-bond donors (Lipinski definition) is 2. The second kappa shape index (κ2) is 8.28. The zero-order chi connectivity index (χ0) is 16.7. The van der Waals surface area contributed by atoms with Crippen molar-refractivity contribution in [2.24, 2.45) is 0 Å². The van der Waals surface area contributed by atoms with Gasteiger partial charge in [-0.05, 0) is 46.1 Å². The highest BCUT2D eigenvalue weighted by molar-refractivity contribution is 5.92. The molecule has 7 heteroatoms. The molecule has 2 heterocycles. The quantitative estimate of drug-likeness (QED) is 0.721. The van der Waals surface area contributed by atoms with Gasteiger partial charge in [-0.2, -0.15) is 0 Å². The van der Waals surface area contributed by atoms with Crippen LogP contribution in [0.4, 0.5) is 5.82 Å². The molecule has 124 valence electrons. The first-order valence-corrected chi connectivity index (χ1v) is 7.59. The molecule has 2 rings (SSSR count). The Morgan fingerprint density at radius 3 is 2.87 bits per heavy atom. The van der Waals surface area contributed by atoms with E-state index in [0.717, 1.165) is 19.5 Å². The summed E-state index contributed by atoms with van der Waals surface area (Å²) in [5, 5.41) is 6.01. The van der Waals surface area contributed by atoms with Crippen molar-refractivity contribution in [2.75, 3.05) is 32.5 Å². The minimum absolute atomic E-state index is 0.247. The Morgan fingerprint density at radius 2 is 2.17 bits per heavy atom. The lowest BCUT2D eigenvalue weighted by molar-refractivity contribution is 0.0942. The van der Waals surface area contributed by atoms with Gasteiger partial charge in [0.2, 0.25) is 0 Å². The lowest BCUT2D eigenvalue weighted by Crippen LogP contribution is -2.24. The number of aryl methyl sites for hydroxylation is 1. The van der Waals surface area contributed by atoms with E-state index in [0.29, 0.717) is 29.6 Å². The normalized spacial score (nSPS) is 10.8. The molecule has 0 aliphatic heterocycles. The maximum Gasteiger partial charge on any atom is 0.270 e. The number of carbonyl (C=O) groups excluding carboxylic acids is 1. The van der Waals surface area contributed by atoms with E-state index in [4.69, 9.17) is 4.42 Å². The third-order valence-corrected chi connectivity index (χ3v) is 3.16. The summed E-state index contributed by atoms with van der Waals surface area (Å²) in [5.41, 5.74) is 0.346. The molecule has 0 spiro atoms. The Balaban J connectivity index is 1.91. The molecule has 0 saturated carbocycles. The summed E-state index contributed by atoms with van der Waals surface area (Å²) in [6.07, 6.45) is 2.57. The number of amides is 1. The summed E-state index contributed by atoms with van der Waals surface area (Å²) >= 11 is 0. The molecule has 0 atom stereocenters. The molecule has 2 N–H and O–H groups in total. The topological polar surface area (TPSA) is 83.3 Å². The van der Waals surface area contributed by atoms with Crippen molar-refractivity contribution in [3.8, 4) is 0 Å². The fraction of sp³-hybridized carbons (Fsp3) is 0.438. The Bertz CT molecular complexity index is 625. The summed E-state index contributed by atoms with van der Waals surface area (Å²) < 4.78 is 5.19. The van der Waals surface area contributed by atoms with E-state index in [9.17, 15) is 4.79 Å². The van der Waals surface area contributed by atoms with Crippen molar-refractivity contribution < 1.29 is 9.21 Å². The van der Waals surface area contributed by atoms with Crippen molar-refractivity contribution in [1.29, 1.82) is 0 Å². The summed E-state index contributed by atoms with van der Waals surface area (Å²) in [7, 11) is 4.08. The molecule has 2 aromatic rings. The lowest BCUT2D eigenvalue weighted by Gasteiger charge is -2.11. The zero-order valence-electron chi connectivity index (χ0n) is 13.8. The molecule has 7 nitrogen and oxygen atoms in total. The molecule has 0 aromatic carbocycles. The highest BCUT2D eigenvalue weighted by atomic mass is 16.3. The third-order valence-electron chi connectivity index (χ3n) is 3.16. The van der Waals surface area contributed by atoms with Gasteiger partial charge in [0.25, 0.3) is 5.91 Å². The van der Waals surface area contributed by atoms with Gasteiger partial charge in [0.1, 0.15) is 23.1 Å². The summed E-state index contributed by atoms with van der Waals surface area (Å²) in [5.74, 6) is 1.68. The van der Waals surface area contributed by atoms with Crippen LogP contribution in [0.2, 0.25) is 0 Å². The first kappa shape index (κ1) is 17.0. The van der Waals surface area contributed by atoms with Crippen LogP contribution in [0.1, 0.15) is 28.5 Å². The predicted molar refractivity (Wildman–Crippen MR) is 88.3 cm³/mol. The molecule has 0 bridgehead atoms. The minimum atomic E-state index is -0.247. The Morgan fingerprint density at radius 1 is 1.35 bits per heavy atom. The molecule has 0 radical (unpaired) electrons. The van der Waals surface area contributed by atoms with Crippen LogP contribution >= 0.6 is 0 Å². The zero-order valence-corrected chi connectivity index (χ0v) is 13.8. The van der Waals surface area contributed by atoms with Crippen LogP contribution in [-0.2, 0) is 6.54 Å². The van der Waals surface area contributed by atoms with Crippen LogP contribution in [0.3, 0.4) is 0 Å². The number of carbonyl (C=O) groups is 1. The molecule has 0 aliphatic carbocycles. The fourth-order valence-corrected chi connectivity index (χ4v) is 2.06. The van der Waals surface area contributed by atoms with Gasteiger partial charge >= 0.3 is 0 Å². The number of hydrogen-bond acceptors (Lipinski definition) is 6. The van der Waals surface area contributed by atoms with E-state index in [-0.39, 0.29) is 5.91 Å². The van der Waals surface area contributed by atoms with Gasteiger partial charge in [-0.25, -0.2) is 9.97 Å². The van der Waals surface area contributed by atoms with Gasteiger partial charge in [0.05, 0.1) is 12.8 Å². The number of rotatable bonds is 8. The SMILES string of the molecule is Cc1nc(NCCCN(C)C)cc(C(=O)NCc2ccco2)n1. The van der Waals surface area contributed by atoms with Gasteiger partial charge in [-0.15, -0.1) is 0 Å². The maximum atomic E-state index is 12.2. The Labute approximate surface area is 136 Å². The van der Waals surface area contributed by atoms with E-state index in [2.05, 4.69) is 25.5 Å². The van der Waals surface area contributed by atoms with Crippen molar-refractivity contribution in [3.05, 3.63) is 41.7 Å². The molecule has 23 heavy (non-hydrogen) atoms. The van der Waals surface area contributed by atoms with E-state index in [1.54, 1.807) is 25.3 Å². The van der Waals surface area contributed by atoms with Crippen LogP contribution in [0.5, 0.6) is 0 Å². The standard InChI is InChI=1S/C16H23N5O2/c1-12-19-14(16(22)18-11-13-6-4-9-23-13)10-15(20-12)17-7-5-8-21(2)3/h4,6,9-10H,5,7-8,11H2,1-3H3,(H,18,22)(H,17,19,20). The second-order valence-electron chi connectivity index (χ2n) is 5.53. The molecule has 0 aliphatic rings. The number of aromatic nitrogens is 2. The van der Waals surface area contributed by atoms with E-state index < -0.39 is 0 Å². The average molecular weight is 317 g/mol. The largest absolute Gasteiger partial charge is 0.467 e. The van der Waals surface area contributed by atoms with Crippen molar-refractivity contribution in [3.63, 3.8) is 0 Å². The Kier molecular flexibility index (Phi) is 6.10. The van der Waals surface area contributed by atoms with Gasteiger partial charge in [0, 0.05) is 12.6 Å². The monoisotopic (exact) mass is 317 g/mol. The smallest absolute Gasteiger partial charge is 0.270 e. The molecular weight excluding hydrogens is 294 g/mol. The van der Waals surface area contributed by atoms with Crippen molar-refractivity contribution in [1.82, 2.24) is 20.2 Å². The van der Waals surface area contributed by atoms with E-state index in [1.165, 1.54) is 0 Å². The first-order chi connectivity index (χ1) is 11.0. The number of nitrogens with zero attached hydrogens (tertiary/aromatic N) is 3. The summed E-state index contributed by atoms with van der Waals surface area (Å²) in [6.45, 7) is 3.89. The minimum Gasteiger partial charge on any atom is -0.467 e. The van der Waals surface area contributed by atoms with Crippen LogP contribution in [0, 0.1) is 6.92 Å². The first-order valence-electron chi connectivity index (χ1n) is 7.59. The number of nitrogens with one attached hydrogen (secondary N) is 2. The maximum absolute atomic E-state index is 12.2. The second-order valence-corrected chi connectivity index (χ2v) is 5.53. The van der Waals surface area contributed by atoms with Crippen LogP contribution in [0.25, 0.3) is 0 Å². The molecule has 0 unspecified atom stereocenters. The number of anilines is 1. The summed E-state index contributed by atoms with van der Waals surface area (Å²) in [4.78, 5) is 22.8. The third kappa shape index (κ3) is 5.71. The van der Waals surface area contributed by atoms with E-state index in [1.807, 2.05) is 20.2 Å². The van der Waals surface area contributed by atoms with Gasteiger partial charge < -0.3 is 20.0 Å². The average Bonchev–Trinajstić information content (AvgIpc) is 3.02. The highest BCUT2D eigenvalue weighted by Gasteiger charge is 2.10. The summed E-state index contributed by atoms with van der Waals surface area (Å²) in [6, 6.07) is 5.26. The molecular formula is C16H23N5O2. The van der Waals surface area contributed by atoms with E-state index >= 15 is 0 Å². The van der Waals surface area contributed by atoms with Crippen LogP contribution in [-0.4, -0.2) is 48.0 Å². The van der Waals surface area contributed by atoms with Gasteiger partial charge in [0.15, 0.2) is 0 Å². The fourth-order valence-electron chi connectivity index (χ4n) is 2.06. The predicted octanol–water partition coefficient (Wildman–Crippen LogP) is 1.67. The van der Waals surface area contributed by atoms with Crippen LogP contribution in [0.15, 0.2) is 28.9 Å². The van der Waals surface area contributed by atoms with Gasteiger partial charge in [-0.1, -0.05) is 0 Å². The van der Waals surface area contributed by atoms with Crippen molar-refractivity contribution in [2.45, 2.75) is 19.9 Å². The Hall–Kier alpha value is -2.41. The molecule has 2 aromatic heterocycles. The molecule has 0 saturated heterocycles. The van der Waals surface area contributed by atoms with Crippen LogP contribution < -0.4 is 10.6 Å². The molecule has 1 amide bonds. The van der Waals surface area contributed by atoms with Crippen molar-refractivity contribution >= 4 is 11.7 Å². The van der Waals surface area contributed by atoms with Gasteiger partial charge in [-0.3, -0.25) is 4.79 Å². The molecule has 0 fully saturated rings. The lowest BCUT2D eigenvalue weighted by atomic mass is 10.3. The highest BCUT2D eigenvalue weighted by Crippen LogP contribution is 2.07. The number of furan rings is 1.